The molecule has 0 aromatic heterocycles. The summed E-state index contributed by atoms with van der Waals surface area (Å²) < 4.78 is 11.1. The lowest BCUT2D eigenvalue weighted by Gasteiger charge is -2.36. The van der Waals surface area contributed by atoms with Crippen LogP contribution in [-0.4, -0.2) is 55.0 Å². The van der Waals surface area contributed by atoms with E-state index in [0.717, 1.165) is 22.3 Å². The van der Waals surface area contributed by atoms with Crippen LogP contribution in [0.1, 0.15) is 49.7 Å². The zero-order valence-electron chi connectivity index (χ0n) is 19.9. The van der Waals surface area contributed by atoms with Crippen LogP contribution in [0.4, 0.5) is 4.79 Å². The van der Waals surface area contributed by atoms with E-state index in [1.165, 1.54) is 0 Å². The minimum atomic E-state index is -1.11. The Kier molecular flexibility index (Phi) is 7.70. The first kappa shape index (κ1) is 24.7. The molecule has 0 bridgehead atoms. The highest BCUT2D eigenvalue weighted by Gasteiger charge is 2.42. The predicted octanol–water partition coefficient (Wildman–Crippen LogP) is 3.69. The molecule has 35 heavy (non-hydrogen) atoms. The number of amides is 2. The monoisotopic (exact) mass is 480 g/mol. The number of aliphatic carboxylic acids is 1. The Labute approximate surface area is 205 Å². The van der Waals surface area contributed by atoms with Gasteiger partial charge in [-0.05, 0) is 35.1 Å². The molecule has 8 nitrogen and oxygen atoms in total. The van der Waals surface area contributed by atoms with Crippen molar-refractivity contribution in [3.8, 4) is 11.1 Å². The maximum atomic E-state index is 13.1. The van der Waals surface area contributed by atoms with Crippen molar-refractivity contribution in [3.05, 3.63) is 59.7 Å². The van der Waals surface area contributed by atoms with E-state index in [1.54, 1.807) is 6.92 Å². The fourth-order valence-electron chi connectivity index (χ4n) is 4.86. The first-order chi connectivity index (χ1) is 16.9. The van der Waals surface area contributed by atoms with Gasteiger partial charge in [-0.15, -0.1) is 0 Å². The first-order valence-electron chi connectivity index (χ1n) is 12.1. The van der Waals surface area contributed by atoms with Crippen molar-refractivity contribution >= 4 is 18.0 Å². The van der Waals surface area contributed by atoms with Gasteiger partial charge in [-0.2, -0.15) is 0 Å². The van der Waals surface area contributed by atoms with Crippen LogP contribution in [0.5, 0.6) is 0 Å². The van der Waals surface area contributed by atoms with Crippen molar-refractivity contribution in [1.29, 1.82) is 0 Å². The lowest BCUT2D eigenvalue weighted by Crippen LogP contribution is -2.61. The van der Waals surface area contributed by atoms with Gasteiger partial charge < -0.3 is 25.2 Å². The smallest absolute Gasteiger partial charge is 0.408 e. The second-order valence-electron chi connectivity index (χ2n) is 9.28. The highest BCUT2D eigenvalue weighted by molar-refractivity contribution is 5.90. The summed E-state index contributed by atoms with van der Waals surface area (Å²) in [5.41, 5.74) is 3.43. The van der Waals surface area contributed by atoms with Crippen LogP contribution in [0.2, 0.25) is 0 Å². The highest BCUT2D eigenvalue weighted by Crippen LogP contribution is 2.44. The molecule has 2 aliphatic rings. The summed E-state index contributed by atoms with van der Waals surface area (Å²) in [7, 11) is 0. The van der Waals surface area contributed by atoms with Gasteiger partial charge in [-0.25, -0.2) is 4.79 Å². The lowest BCUT2D eigenvalue weighted by atomic mass is 9.89. The van der Waals surface area contributed by atoms with Gasteiger partial charge >= 0.3 is 12.1 Å². The van der Waals surface area contributed by atoms with Crippen LogP contribution >= 0.6 is 0 Å². The number of carbonyl (C=O) groups excluding carboxylic acids is 2. The number of fused-ring (bicyclic) bond motifs is 3. The van der Waals surface area contributed by atoms with Gasteiger partial charge in [0.25, 0.3) is 0 Å². The fourth-order valence-corrected chi connectivity index (χ4v) is 4.86. The zero-order valence-corrected chi connectivity index (χ0v) is 19.9. The number of alkyl carbamates (subject to hydrolysis) is 1. The third-order valence-electron chi connectivity index (χ3n) is 6.99. The Morgan fingerprint density at radius 1 is 1.06 bits per heavy atom. The molecule has 1 aliphatic heterocycles. The van der Waals surface area contributed by atoms with Gasteiger partial charge in [0, 0.05) is 38.5 Å². The van der Waals surface area contributed by atoms with Crippen molar-refractivity contribution in [2.75, 3.05) is 26.4 Å². The number of hydrogen-bond acceptors (Lipinski definition) is 5. The van der Waals surface area contributed by atoms with Crippen LogP contribution in [0.15, 0.2) is 48.5 Å². The van der Waals surface area contributed by atoms with E-state index in [2.05, 4.69) is 34.9 Å². The van der Waals surface area contributed by atoms with Crippen LogP contribution < -0.4 is 10.6 Å². The number of carbonyl (C=O) groups is 3. The summed E-state index contributed by atoms with van der Waals surface area (Å²) in [4.78, 5) is 36.9. The van der Waals surface area contributed by atoms with Crippen molar-refractivity contribution in [1.82, 2.24) is 10.6 Å². The summed E-state index contributed by atoms with van der Waals surface area (Å²) in [6.45, 7) is 2.86. The van der Waals surface area contributed by atoms with Gasteiger partial charge in [0.05, 0.1) is 5.92 Å². The van der Waals surface area contributed by atoms with E-state index >= 15 is 0 Å². The summed E-state index contributed by atoms with van der Waals surface area (Å²) in [5, 5.41) is 14.7. The molecule has 4 rings (SSSR count). The van der Waals surface area contributed by atoms with Crippen molar-refractivity contribution in [2.24, 2.45) is 5.92 Å². The molecule has 0 spiro atoms. The third-order valence-corrected chi connectivity index (χ3v) is 6.99. The van der Waals surface area contributed by atoms with Gasteiger partial charge in [0.15, 0.2) is 0 Å². The van der Waals surface area contributed by atoms with E-state index in [9.17, 15) is 14.4 Å². The van der Waals surface area contributed by atoms with E-state index < -0.39 is 23.5 Å². The molecule has 1 heterocycles. The third kappa shape index (κ3) is 5.48. The second kappa shape index (κ2) is 10.9. The first-order valence-corrected chi connectivity index (χ1v) is 12.1. The van der Waals surface area contributed by atoms with Crippen LogP contribution in [0.25, 0.3) is 11.1 Å². The second-order valence-corrected chi connectivity index (χ2v) is 9.28. The maximum absolute atomic E-state index is 13.1. The Bertz CT molecular complexity index is 1030. The zero-order chi connectivity index (χ0) is 24.8. The quantitative estimate of drug-likeness (QED) is 0.472. The minimum Gasteiger partial charge on any atom is -0.481 e. The minimum absolute atomic E-state index is 0.0659. The predicted molar refractivity (Wildman–Crippen MR) is 130 cm³/mol. The SMILES string of the molecule is CC(CCCNC(=O)C1(NC(=O)OCC2c3ccccc3-c3ccccc32)CCOCC1)C(=O)O. The van der Waals surface area contributed by atoms with E-state index in [1.807, 2.05) is 24.3 Å². The molecule has 1 aliphatic carbocycles. The van der Waals surface area contributed by atoms with Crippen LogP contribution in [0.3, 0.4) is 0 Å². The molecule has 3 N–H and O–H groups in total. The standard InChI is InChI=1S/C27H32N2O6/c1-18(24(30)31)7-6-14-28-25(32)27(12-15-34-16-13-27)29-26(33)35-17-23-21-10-4-2-8-19(21)20-9-3-5-11-22(20)23/h2-5,8-11,18,23H,6-7,12-17H2,1H3,(H,28,32)(H,29,33)(H,30,31). The molecule has 1 fully saturated rings. The summed E-state index contributed by atoms with van der Waals surface area (Å²) in [6.07, 6.45) is 1.05. The molecule has 186 valence electrons. The summed E-state index contributed by atoms with van der Waals surface area (Å²) in [5.74, 6) is -1.68. The van der Waals surface area contributed by atoms with Crippen molar-refractivity contribution in [2.45, 2.75) is 44.1 Å². The van der Waals surface area contributed by atoms with E-state index in [0.29, 0.717) is 45.4 Å². The number of ether oxygens (including phenoxy) is 2. The van der Waals surface area contributed by atoms with Crippen molar-refractivity contribution < 1.29 is 29.0 Å². The Morgan fingerprint density at radius 2 is 1.66 bits per heavy atom. The Hall–Kier alpha value is -3.39. The topological polar surface area (TPSA) is 114 Å². The largest absolute Gasteiger partial charge is 0.481 e. The number of carboxylic acid groups (broad SMARTS) is 1. The van der Waals surface area contributed by atoms with Gasteiger partial charge in [0.2, 0.25) is 5.91 Å². The van der Waals surface area contributed by atoms with Crippen molar-refractivity contribution in [3.63, 3.8) is 0 Å². The van der Waals surface area contributed by atoms with Gasteiger partial charge in [-0.3, -0.25) is 9.59 Å². The lowest BCUT2D eigenvalue weighted by molar-refractivity contribution is -0.141. The molecule has 2 aromatic carbocycles. The molecular weight excluding hydrogens is 448 g/mol. The molecule has 1 atom stereocenters. The fraction of sp³-hybridized carbons (Fsp3) is 0.444. The molecule has 1 saturated heterocycles. The van der Waals surface area contributed by atoms with E-state index in [-0.39, 0.29) is 18.4 Å². The number of benzene rings is 2. The average molecular weight is 481 g/mol. The summed E-state index contributed by atoms with van der Waals surface area (Å²) >= 11 is 0. The van der Waals surface area contributed by atoms with Gasteiger partial charge in [0.1, 0.15) is 12.1 Å². The molecule has 0 saturated carbocycles. The molecule has 2 aromatic rings. The number of nitrogens with one attached hydrogen (secondary N) is 2. The highest BCUT2D eigenvalue weighted by atomic mass is 16.5. The van der Waals surface area contributed by atoms with E-state index in [4.69, 9.17) is 14.6 Å². The average Bonchev–Trinajstić information content (AvgIpc) is 3.19. The Balaban J connectivity index is 1.37. The number of rotatable bonds is 9. The van der Waals surface area contributed by atoms with Crippen LogP contribution in [0, 0.1) is 5.92 Å². The molecule has 2 amide bonds. The van der Waals surface area contributed by atoms with Gasteiger partial charge in [-0.1, -0.05) is 55.5 Å². The molecule has 0 radical (unpaired) electrons. The maximum Gasteiger partial charge on any atom is 0.408 e. The normalized spacial score (nSPS) is 17.1. The number of hydrogen-bond donors (Lipinski definition) is 3. The molecule has 8 heteroatoms. The number of carboxylic acids is 1. The molecular formula is C27H32N2O6. The molecule has 1 unspecified atom stereocenters. The Morgan fingerprint density at radius 3 is 2.26 bits per heavy atom. The van der Waals surface area contributed by atoms with Crippen LogP contribution in [-0.2, 0) is 19.1 Å². The summed E-state index contributed by atoms with van der Waals surface area (Å²) in [6, 6.07) is 16.2.